The van der Waals surface area contributed by atoms with Crippen LogP contribution in [0.25, 0.3) is 21.5 Å². The van der Waals surface area contributed by atoms with E-state index in [0.29, 0.717) is 70.5 Å². The predicted octanol–water partition coefficient (Wildman–Crippen LogP) is 3.83. The largest absolute Gasteiger partial charge is 0.447 e. The fourth-order valence-corrected chi connectivity index (χ4v) is 7.42. The smallest absolute Gasteiger partial charge is 0.410 e. The van der Waals surface area contributed by atoms with Crippen LogP contribution in [0.4, 0.5) is 10.5 Å². The zero-order chi connectivity index (χ0) is 28.9. The van der Waals surface area contributed by atoms with E-state index in [0.717, 1.165) is 16.9 Å². The first-order valence-electron chi connectivity index (χ1n) is 13.0. The van der Waals surface area contributed by atoms with Gasteiger partial charge >= 0.3 is 6.09 Å². The summed E-state index contributed by atoms with van der Waals surface area (Å²) in [5.41, 5.74) is 2.49. The van der Waals surface area contributed by atoms with E-state index in [-0.39, 0.29) is 27.9 Å². The van der Waals surface area contributed by atoms with Crippen LogP contribution in [-0.2, 0) is 21.3 Å². The number of thiazole rings is 1. The Morgan fingerprint density at radius 1 is 1.20 bits per heavy atom. The molecule has 0 radical (unpaired) electrons. The molecule has 0 unspecified atom stereocenters. The first-order valence-corrected chi connectivity index (χ1v) is 15.7. The maximum Gasteiger partial charge on any atom is 0.410 e. The molecule has 4 heterocycles. The van der Waals surface area contributed by atoms with Crippen molar-refractivity contribution in [1.82, 2.24) is 24.2 Å². The number of rotatable bonds is 7. The monoisotopic (exact) mass is 614 g/mol. The van der Waals surface area contributed by atoms with Gasteiger partial charge in [0.05, 0.1) is 29.7 Å². The Morgan fingerprint density at radius 3 is 2.73 bits per heavy atom. The predicted molar refractivity (Wildman–Crippen MR) is 157 cm³/mol. The van der Waals surface area contributed by atoms with Crippen molar-refractivity contribution in [3.63, 3.8) is 0 Å². The number of aryl methyl sites for hydroxylation is 1. The van der Waals surface area contributed by atoms with Crippen LogP contribution in [0, 0.1) is 6.92 Å². The van der Waals surface area contributed by atoms with E-state index >= 15 is 0 Å². The Bertz CT molecular complexity index is 1820. The number of halogens is 1. The molecule has 41 heavy (non-hydrogen) atoms. The van der Waals surface area contributed by atoms with E-state index in [2.05, 4.69) is 15.0 Å². The normalized spacial score (nSPS) is 18.9. The summed E-state index contributed by atoms with van der Waals surface area (Å²) in [5, 5.41) is 5.08. The molecule has 6 rings (SSSR count). The fraction of sp³-hybridized carbons (Fsp3) is 0.333. The maximum atomic E-state index is 13.8. The van der Waals surface area contributed by atoms with Crippen molar-refractivity contribution >= 4 is 55.6 Å². The minimum absolute atomic E-state index is 0.00266. The van der Waals surface area contributed by atoms with Crippen molar-refractivity contribution < 1.29 is 17.9 Å². The molecule has 4 aromatic rings. The summed E-state index contributed by atoms with van der Waals surface area (Å²) in [6.07, 6.45) is 2.40. The third-order valence-electron chi connectivity index (χ3n) is 7.50. The molecule has 2 aliphatic heterocycles. The van der Waals surface area contributed by atoms with Gasteiger partial charge in [0.15, 0.2) is 4.21 Å². The summed E-state index contributed by atoms with van der Waals surface area (Å²) in [7, 11) is -2.33. The molecular formula is C27H27ClN6O5S2. The molecule has 2 atom stereocenters. The van der Waals surface area contributed by atoms with Crippen molar-refractivity contribution in [3.8, 4) is 10.6 Å². The van der Waals surface area contributed by atoms with Crippen LogP contribution in [-0.4, -0.2) is 66.2 Å². The van der Waals surface area contributed by atoms with Crippen molar-refractivity contribution in [2.45, 2.75) is 42.6 Å². The number of carbonyl (C=O) groups excluding carboxylic acids is 1. The van der Waals surface area contributed by atoms with Crippen molar-refractivity contribution in [2.24, 2.45) is 0 Å². The number of benzene rings is 2. The quantitative estimate of drug-likeness (QED) is 0.321. The second-order valence-electron chi connectivity index (χ2n) is 10.1. The fourth-order valence-electron chi connectivity index (χ4n) is 5.29. The van der Waals surface area contributed by atoms with Gasteiger partial charge in [-0.25, -0.2) is 27.9 Å². The number of aromatic nitrogens is 3. The molecule has 0 spiro atoms. The van der Waals surface area contributed by atoms with Gasteiger partial charge in [-0.3, -0.25) is 9.36 Å². The van der Waals surface area contributed by atoms with Crippen LogP contribution >= 0.6 is 22.9 Å². The van der Waals surface area contributed by atoms with Gasteiger partial charge in [-0.1, -0.05) is 23.7 Å². The Balaban J connectivity index is 1.43. The van der Waals surface area contributed by atoms with Gasteiger partial charge < -0.3 is 15.0 Å². The topological polar surface area (TPSA) is 136 Å². The van der Waals surface area contributed by atoms with Gasteiger partial charge in [-0.2, -0.15) is 0 Å². The van der Waals surface area contributed by atoms with Crippen LogP contribution in [0.1, 0.15) is 24.2 Å². The van der Waals surface area contributed by atoms with Gasteiger partial charge in [0.2, 0.25) is 0 Å². The number of carbonyl (C=O) groups is 1. The minimum Gasteiger partial charge on any atom is -0.447 e. The van der Waals surface area contributed by atoms with E-state index in [1.807, 2.05) is 12.1 Å². The number of anilines is 1. The van der Waals surface area contributed by atoms with Crippen molar-refractivity contribution in [2.75, 3.05) is 25.5 Å². The average Bonchev–Trinajstić information content (AvgIpc) is 3.60. The van der Waals surface area contributed by atoms with Gasteiger partial charge in [0, 0.05) is 28.9 Å². The number of piperidine rings is 1. The lowest BCUT2D eigenvalue weighted by Gasteiger charge is -2.33. The average molecular weight is 615 g/mol. The van der Waals surface area contributed by atoms with Crippen molar-refractivity contribution in [1.29, 1.82) is 0 Å². The van der Waals surface area contributed by atoms with E-state index in [9.17, 15) is 18.0 Å². The second-order valence-corrected chi connectivity index (χ2v) is 13.7. The zero-order valence-electron chi connectivity index (χ0n) is 22.3. The lowest BCUT2D eigenvalue weighted by atomic mass is 9.97. The molecule has 0 saturated carbocycles. The Labute approximate surface area is 245 Å². The molecule has 1 amide bonds. The minimum atomic E-state index is -3.68. The molecule has 2 fully saturated rings. The number of sulfonamides is 1. The Hall–Kier alpha value is -3.52. The third kappa shape index (κ3) is 5.30. The number of hydrogen-bond acceptors (Lipinski definition) is 9. The molecule has 2 aliphatic rings. The summed E-state index contributed by atoms with van der Waals surface area (Å²) < 4.78 is 34.1. The van der Waals surface area contributed by atoms with Crippen LogP contribution in [0.3, 0.4) is 0 Å². The Kier molecular flexibility index (Phi) is 7.22. The molecular weight excluding hydrogens is 588 g/mol. The van der Waals surface area contributed by atoms with Crippen LogP contribution < -0.4 is 15.6 Å². The first-order chi connectivity index (χ1) is 19.6. The van der Waals surface area contributed by atoms with E-state index < -0.39 is 10.0 Å². The summed E-state index contributed by atoms with van der Waals surface area (Å²) >= 11 is 7.07. The molecule has 11 nitrogen and oxygen atoms in total. The van der Waals surface area contributed by atoms with E-state index in [4.69, 9.17) is 21.3 Å². The number of cyclic esters (lactones) is 1. The standard InChI is InChI=1S/C27H27ClN6O5S2/c1-15-31-23-10-20(25-30-12-24(40-25)41(37,38)29-2)22(32-18-7-8-33-19(9-18)14-39-27(33)36)11-21(23)26(35)34(15)13-16-3-5-17(28)6-4-16/h3-6,10-12,18-19,29,32H,7-9,13-14H2,1-2H3/t18-,19-/m0/s1. The lowest BCUT2D eigenvalue weighted by molar-refractivity contribution is 0.153. The number of nitrogens with zero attached hydrogens (tertiary/aromatic N) is 4. The van der Waals surface area contributed by atoms with Gasteiger partial charge in [0.1, 0.15) is 17.4 Å². The van der Waals surface area contributed by atoms with Crippen LogP contribution in [0.5, 0.6) is 0 Å². The molecule has 2 N–H and O–H groups in total. The highest BCUT2D eigenvalue weighted by molar-refractivity contribution is 7.91. The summed E-state index contributed by atoms with van der Waals surface area (Å²) in [5.74, 6) is 0.542. The van der Waals surface area contributed by atoms with Gasteiger partial charge in [-0.15, -0.1) is 11.3 Å². The molecule has 214 valence electrons. The highest BCUT2D eigenvalue weighted by atomic mass is 35.5. The number of amides is 1. The molecule has 2 aromatic heterocycles. The second kappa shape index (κ2) is 10.7. The maximum absolute atomic E-state index is 13.8. The first kappa shape index (κ1) is 27.6. The van der Waals surface area contributed by atoms with Gasteiger partial charge in [0.25, 0.3) is 15.6 Å². The SMILES string of the molecule is CNS(=O)(=O)c1cnc(-c2cc3nc(C)n(Cc4ccc(Cl)cc4)c(=O)c3cc2N[C@H]2CCN3C(=O)OC[C@@H]3C2)s1. The van der Waals surface area contributed by atoms with E-state index in [1.54, 1.807) is 40.7 Å². The Morgan fingerprint density at radius 2 is 1.98 bits per heavy atom. The molecule has 0 aliphatic carbocycles. The molecule has 14 heteroatoms. The summed E-state index contributed by atoms with van der Waals surface area (Å²) in [6.45, 7) is 3.02. The third-order valence-corrected chi connectivity index (χ3v) is 10.7. The highest BCUT2D eigenvalue weighted by Gasteiger charge is 2.38. The number of fused-ring (bicyclic) bond motifs is 2. The lowest BCUT2D eigenvalue weighted by Crippen LogP contribution is -2.45. The van der Waals surface area contributed by atoms with Crippen LogP contribution in [0.2, 0.25) is 5.02 Å². The number of hydrogen-bond donors (Lipinski definition) is 2. The zero-order valence-corrected chi connectivity index (χ0v) is 24.6. The van der Waals surface area contributed by atoms with Crippen molar-refractivity contribution in [3.05, 3.63) is 69.4 Å². The van der Waals surface area contributed by atoms with Crippen LogP contribution in [0.15, 0.2) is 51.6 Å². The highest BCUT2D eigenvalue weighted by Crippen LogP contribution is 2.37. The number of ether oxygens (including phenoxy) is 1. The molecule has 2 saturated heterocycles. The summed E-state index contributed by atoms with van der Waals surface area (Å²) in [6, 6.07) is 10.8. The molecule has 0 bridgehead atoms. The summed E-state index contributed by atoms with van der Waals surface area (Å²) in [4.78, 5) is 36.7. The number of nitrogens with one attached hydrogen (secondary N) is 2. The van der Waals surface area contributed by atoms with E-state index in [1.165, 1.54) is 13.2 Å². The molecule has 2 aromatic carbocycles. The van der Waals surface area contributed by atoms with Gasteiger partial charge in [-0.05, 0) is 56.6 Å².